The van der Waals surface area contributed by atoms with Gasteiger partial charge in [0.05, 0.1) is 11.4 Å². The molecule has 6 nitrogen and oxygen atoms in total. The fraction of sp³-hybridized carbons (Fsp3) is 0.348. The Labute approximate surface area is 174 Å². The van der Waals surface area contributed by atoms with Crippen LogP contribution in [0.4, 0.5) is 4.39 Å². The number of aromatic nitrogens is 3. The van der Waals surface area contributed by atoms with Crippen LogP contribution in [0.3, 0.4) is 0 Å². The molecular formula is C23H24FN5O. The molecule has 1 N–H and O–H groups in total. The Bertz CT molecular complexity index is 1090. The second-order valence-electron chi connectivity index (χ2n) is 8.18. The number of nitrogens with zero attached hydrogens (tertiary/aromatic N) is 4. The highest BCUT2D eigenvalue weighted by Gasteiger charge is 2.27. The van der Waals surface area contributed by atoms with Crippen LogP contribution < -0.4 is 5.32 Å². The largest absolute Gasteiger partial charge is 0.348 e. The number of carbonyl (C=O) groups is 1. The average molecular weight is 405 g/mol. The highest BCUT2D eigenvalue weighted by molar-refractivity contribution is 5.93. The molecule has 2 aromatic carbocycles. The van der Waals surface area contributed by atoms with E-state index in [2.05, 4.69) is 26.6 Å². The van der Waals surface area contributed by atoms with Crippen molar-refractivity contribution in [2.24, 2.45) is 0 Å². The molecule has 0 spiro atoms. The molecule has 1 saturated carbocycles. The van der Waals surface area contributed by atoms with E-state index < -0.39 is 0 Å². The summed E-state index contributed by atoms with van der Waals surface area (Å²) < 4.78 is 15.0. The minimum Gasteiger partial charge on any atom is -0.348 e. The van der Waals surface area contributed by atoms with Crippen LogP contribution in [0.1, 0.15) is 45.7 Å². The van der Waals surface area contributed by atoms with Crippen molar-refractivity contribution in [3.63, 3.8) is 0 Å². The van der Waals surface area contributed by atoms with Gasteiger partial charge in [0.15, 0.2) is 5.69 Å². The summed E-state index contributed by atoms with van der Waals surface area (Å²) in [5, 5.41) is 11.4. The fourth-order valence-electron chi connectivity index (χ4n) is 4.08. The van der Waals surface area contributed by atoms with Gasteiger partial charge in [0.25, 0.3) is 5.91 Å². The molecule has 1 aliphatic heterocycles. The summed E-state index contributed by atoms with van der Waals surface area (Å²) in [6.07, 6.45) is 2.97. The van der Waals surface area contributed by atoms with E-state index in [1.54, 1.807) is 4.68 Å². The molecule has 0 bridgehead atoms. The van der Waals surface area contributed by atoms with E-state index in [9.17, 15) is 9.18 Å². The molecule has 154 valence electrons. The van der Waals surface area contributed by atoms with E-state index in [4.69, 9.17) is 0 Å². The van der Waals surface area contributed by atoms with Crippen LogP contribution in [0.15, 0.2) is 42.5 Å². The van der Waals surface area contributed by atoms with Crippen molar-refractivity contribution in [2.75, 3.05) is 6.54 Å². The Hall–Kier alpha value is -3.06. The molecule has 30 heavy (non-hydrogen) atoms. The number of benzene rings is 2. The maximum atomic E-state index is 13.2. The average Bonchev–Trinajstić information content (AvgIpc) is 3.48. The highest BCUT2D eigenvalue weighted by atomic mass is 19.1. The maximum absolute atomic E-state index is 13.2. The summed E-state index contributed by atoms with van der Waals surface area (Å²) in [6.45, 7) is 4.41. The summed E-state index contributed by atoms with van der Waals surface area (Å²) in [5.74, 6) is -0.350. The van der Waals surface area contributed by atoms with Gasteiger partial charge in [0.2, 0.25) is 0 Å². The molecule has 5 rings (SSSR count). The van der Waals surface area contributed by atoms with E-state index >= 15 is 0 Å². The van der Waals surface area contributed by atoms with E-state index in [0.29, 0.717) is 11.7 Å². The Morgan fingerprint density at radius 1 is 1.20 bits per heavy atom. The second-order valence-corrected chi connectivity index (χ2v) is 8.18. The minimum absolute atomic E-state index is 0.142. The number of amides is 1. The molecular weight excluding hydrogens is 381 g/mol. The van der Waals surface area contributed by atoms with Crippen LogP contribution in [0.25, 0.3) is 5.69 Å². The Morgan fingerprint density at radius 2 is 2.00 bits per heavy atom. The van der Waals surface area contributed by atoms with Crippen LogP contribution in [-0.2, 0) is 19.5 Å². The van der Waals surface area contributed by atoms with E-state index in [-0.39, 0.29) is 11.7 Å². The zero-order valence-electron chi connectivity index (χ0n) is 16.9. The van der Waals surface area contributed by atoms with Crippen LogP contribution in [-0.4, -0.2) is 38.4 Å². The standard InChI is InChI=1S/C23H24FN5O/c1-15-22(23(30)25-19-9-10-19)26-27-29(15)21-4-2-3-17-14-28(12-11-20(17)21)13-16-5-7-18(24)8-6-16/h2-8,19H,9-14H2,1H3,(H,25,30). The first-order valence-corrected chi connectivity index (χ1v) is 10.4. The van der Waals surface area contributed by atoms with Gasteiger partial charge in [-0.1, -0.05) is 29.5 Å². The summed E-state index contributed by atoms with van der Waals surface area (Å²) in [4.78, 5) is 14.8. The Morgan fingerprint density at radius 3 is 2.77 bits per heavy atom. The van der Waals surface area contributed by atoms with Crippen molar-refractivity contribution in [1.29, 1.82) is 0 Å². The lowest BCUT2D eigenvalue weighted by molar-refractivity contribution is 0.0945. The third-order valence-electron chi connectivity index (χ3n) is 5.89. The van der Waals surface area contributed by atoms with Crippen LogP contribution in [0.2, 0.25) is 0 Å². The number of halogens is 1. The zero-order chi connectivity index (χ0) is 20.7. The maximum Gasteiger partial charge on any atom is 0.273 e. The van der Waals surface area contributed by atoms with Gasteiger partial charge in [-0.15, -0.1) is 5.10 Å². The van der Waals surface area contributed by atoms with Crippen LogP contribution in [0.5, 0.6) is 0 Å². The predicted molar refractivity (Wildman–Crippen MR) is 111 cm³/mol. The van der Waals surface area contributed by atoms with Gasteiger partial charge in [0.1, 0.15) is 5.82 Å². The summed E-state index contributed by atoms with van der Waals surface area (Å²) in [6, 6.07) is 13.2. The molecule has 0 radical (unpaired) electrons. The van der Waals surface area contributed by atoms with Crippen LogP contribution in [0, 0.1) is 12.7 Å². The quantitative estimate of drug-likeness (QED) is 0.708. The SMILES string of the molecule is Cc1c(C(=O)NC2CC2)nnn1-c1cccc2c1CCN(Cc1ccc(F)cc1)C2. The topological polar surface area (TPSA) is 63.1 Å². The third-order valence-corrected chi connectivity index (χ3v) is 5.89. The number of carbonyl (C=O) groups excluding carboxylic acids is 1. The molecule has 1 amide bonds. The van der Waals surface area contributed by atoms with Gasteiger partial charge < -0.3 is 5.32 Å². The smallest absolute Gasteiger partial charge is 0.273 e. The monoisotopic (exact) mass is 405 g/mol. The molecule has 1 fully saturated rings. The lowest BCUT2D eigenvalue weighted by Crippen LogP contribution is -2.31. The van der Waals surface area contributed by atoms with Crippen molar-refractivity contribution in [2.45, 2.75) is 45.3 Å². The van der Waals surface area contributed by atoms with Crippen molar-refractivity contribution < 1.29 is 9.18 Å². The van der Waals surface area contributed by atoms with Gasteiger partial charge in [-0.25, -0.2) is 9.07 Å². The number of hydrogen-bond donors (Lipinski definition) is 1. The summed E-state index contributed by atoms with van der Waals surface area (Å²) in [5.41, 5.74) is 5.75. The molecule has 7 heteroatoms. The fourth-order valence-corrected chi connectivity index (χ4v) is 4.08. The predicted octanol–water partition coefficient (Wildman–Crippen LogP) is 3.17. The minimum atomic E-state index is -0.208. The van der Waals surface area contributed by atoms with E-state index in [0.717, 1.165) is 55.8 Å². The molecule has 1 aliphatic carbocycles. The molecule has 3 aromatic rings. The number of nitrogens with one attached hydrogen (secondary N) is 1. The molecule has 2 heterocycles. The lowest BCUT2D eigenvalue weighted by atomic mass is 9.97. The van der Waals surface area contributed by atoms with Crippen molar-refractivity contribution in [3.8, 4) is 5.69 Å². The third kappa shape index (κ3) is 3.73. The van der Waals surface area contributed by atoms with Crippen molar-refractivity contribution >= 4 is 5.91 Å². The first-order valence-electron chi connectivity index (χ1n) is 10.4. The Balaban J connectivity index is 1.37. The summed E-state index contributed by atoms with van der Waals surface area (Å²) >= 11 is 0. The van der Waals surface area contributed by atoms with Crippen molar-refractivity contribution in [1.82, 2.24) is 25.2 Å². The molecule has 0 atom stereocenters. The highest BCUT2D eigenvalue weighted by Crippen LogP contribution is 2.27. The van der Waals surface area contributed by atoms with Gasteiger partial charge >= 0.3 is 0 Å². The zero-order valence-corrected chi connectivity index (χ0v) is 16.9. The van der Waals surface area contributed by atoms with Gasteiger partial charge in [0, 0.05) is 25.7 Å². The Kier molecular flexibility index (Phi) is 4.83. The molecule has 1 aromatic heterocycles. The number of rotatable bonds is 5. The molecule has 0 saturated heterocycles. The number of fused-ring (bicyclic) bond motifs is 1. The second kappa shape index (κ2) is 7.65. The van der Waals surface area contributed by atoms with E-state index in [1.165, 1.54) is 23.3 Å². The van der Waals surface area contributed by atoms with Gasteiger partial charge in [-0.05, 0) is 61.1 Å². The first kappa shape index (κ1) is 18.9. The lowest BCUT2D eigenvalue weighted by Gasteiger charge is -2.30. The van der Waals surface area contributed by atoms with Crippen LogP contribution >= 0.6 is 0 Å². The van der Waals surface area contributed by atoms with Gasteiger partial charge in [-0.2, -0.15) is 0 Å². The van der Waals surface area contributed by atoms with E-state index in [1.807, 2.05) is 31.2 Å². The summed E-state index contributed by atoms with van der Waals surface area (Å²) in [7, 11) is 0. The van der Waals surface area contributed by atoms with Gasteiger partial charge in [-0.3, -0.25) is 9.69 Å². The molecule has 0 unspecified atom stereocenters. The number of hydrogen-bond acceptors (Lipinski definition) is 4. The molecule has 2 aliphatic rings. The first-order chi connectivity index (χ1) is 14.6. The van der Waals surface area contributed by atoms with Crippen molar-refractivity contribution in [3.05, 3.63) is 76.4 Å². The normalized spacial score (nSPS) is 16.3.